The van der Waals surface area contributed by atoms with Crippen LogP contribution in [0.5, 0.6) is 0 Å². The fourth-order valence-electron chi connectivity index (χ4n) is 3.31. The van der Waals surface area contributed by atoms with Crippen molar-refractivity contribution in [3.8, 4) is 11.1 Å². The highest BCUT2D eigenvalue weighted by molar-refractivity contribution is 5.90. The maximum atomic E-state index is 14.8. The number of ether oxygens (including phenoxy) is 1. The molecule has 2 aromatic carbocycles. The van der Waals surface area contributed by atoms with Crippen molar-refractivity contribution in [1.82, 2.24) is 10.6 Å². The van der Waals surface area contributed by atoms with Gasteiger partial charge in [0.1, 0.15) is 11.9 Å². The standard InChI is InChI=1S/C23H27FN4O4/c1-3-21(25)22(30)27-11-15-4-6-16(7-5-15)19-9-8-17(10-20(19)24)28-13-18(32-23(28)31)12-26-14(2)29/h4-10,18,21H,3,11-13,25H2,1-2H3,(H,26,29)(H,27,30)/t18-,21+/m0/s1. The van der Waals surface area contributed by atoms with E-state index in [0.717, 1.165) is 5.56 Å². The number of rotatable bonds is 8. The van der Waals surface area contributed by atoms with Crippen molar-refractivity contribution in [1.29, 1.82) is 0 Å². The predicted molar refractivity (Wildman–Crippen MR) is 118 cm³/mol. The van der Waals surface area contributed by atoms with Gasteiger partial charge in [-0.3, -0.25) is 14.5 Å². The summed E-state index contributed by atoms with van der Waals surface area (Å²) in [6.45, 7) is 3.99. The van der Waals surface area contributed by atoms with Gasteiger partial charge in [-0.2, -0.15) is 0 Å². The van der Waals surface area contributed by atoms with Crippen LogP contribution in [-0.4, -0.2) is 43.1 Å². The third-order valence-electron chi connectivity index (χ3n) is 5.23. The molecule has 0 unspecified atom stereocenters. The average Bonchev–Trinajstić information content (AvgIpc) is 3.16. The molecule has 4 N–H and O–H groups in total. The van der Waals surface area contributed by atoms with E-state index in [0.29, 0.717) is 29.8 Å². The van der Waals surface area contributed by atoms with Crippen molar-refractivity contribution in [2.24, 2.45) is 5.73 Å². The number of halogens is 1. The van der Waals surface area contributed by atoms with Crippen LogP contribution in [0.2, 0.25) is 0 Å². The van der Waals surface area contributed by atoms with E-state index in [1.54, 1.807) is 24.3 Å². The number of benzene rings is 2. The van der Waals surface area contributed by atoms with Crippen LogP contribution in [0.25, 0.3) is 11.1 Å². The molecule has 0 spiro atoms. The van der Waals surface area contributed by atoms with Gasteiger partial charge in [0.05, 0.1) is 24.8 Å². The van der Waals surface area contributed by atoms with Gasteiger partial charge in [0.15, 0.2) is 0 Å². The molecular weight excluding hydrogens is 415 g/mol. The first-order chi connectivity index (χ1) is 15.3. The molecule has 1 aliphatic heterocycles. The molecule has 0 bridgehead atoms. The highest BCUT2D eigenvalue weighted by Gasteiger charge is 2.32. The minimum atomic E-state index is -0.582. The first kappa shape index (κ1) is 23.2. The van der Waals surface area contributed by atoms with Gasteiger partial charge in [-0.25, -0.2) is 9.18 Å². The number of amides is 3. The number of anilines is 1. The van der Waals surface area contributed by atoms with Gasteiger partial charge in [-0.1, -0.05) is 31.2 Å². The summed E-state index contributed by atoms with van der Waals surface area (Å²) >= 11 is 0. The molecule has 1 saturated heterocycles. The second-order valence-corrected chi connectivity index (χ2v) is 7.65. The Bertz CT molecular complexity index is 996. The molecule has 1 heterocycles. The molecule has 0 aromatic heterocycles. The quantitative estimate of drug-likeness (QED) is 0.581. The normalized spacial score (nSPS) is 16.4. The third kappa shape index (κ3) is 5.61. The molecule has 1 aliphatic rings. The van der Waals surface area contributed by atoms with Crippen molar-refractivity contribution >= 4 is 23.6 Å². The molecule has 8 nitrogen and oxygen atoms in total. The zero-order valence-electron chi connectivity index (χ0n) is 18.1. The lowest BCUT2D eigenvalue weighted by atomic mass is 10.0. The Morgan fingerprint density at radius 1 is 1.22 bits per heavy atom. The highest BCUT2D eigenvalue weighted by atomic mass is 19.1. The number of hydrogen-bond donors (Lipinski definition) is 3. The lowest BCUT2D eigenvalue weighted by Gasteiger charge is -2.15. The smallest absolute Gasteiger partial charge is 0.414 e. The summed E-state index contributed by atoms with van der Waals surface area (Å²) in [7, 11) is 0. The predicted octanol–water partition coefficient (Wildman–Crippen LogP) is 2.31. The molecule has 9 heteroatoms. The summed E-state index contributed by atoms with van der Waals surface area (Å²) in [5, 5.41) is 5.38. The maximum absolute atomic E-state index is 14.8. The lowest BCUT2D eigenvalue weighted by Crippen LogP contribution is -2.39. The number of nitrogens with one attached hydrogen (secondary N) is 2. The van der Waals surface area contributed by atoms with Gasteiger partial charge in [0.25, 0.3) is 0 Å². The van der Waals surface area contributed by atoms with E-state index in [2.05, 4.69) is 10.6 Å². The molecule has 0 saturated carbocycles. The van der Waals surface area contributed by atoms with Crippen molar-refractivity contribution in [3.05, 3.63) is 53.8 Å². The molecule has 170 valence electrons. The molecular formula is C23H27FN4O4. The SMILES string of the molecule is CC[C@@H](N)C(=O)NCc1ccc(-c2ccc(N3C[C@H](CNC(C)=O)OC3=O)cc2F)cc1. The molecule has 32 heavy (non-hydrogen) atoms. The van der Waals surface area contributed by atoms with Gasteiger partial charge in [0, 0.05) is 19.0 Å². The summed E-state index contributed by atoms with van der Waals surface area (Å²) < 4.78 is 20.1. The summed E-state index contributed by atoms with van der Waals surface area (Å²) in [4.78, 5) is 36.3. The summed E-state index contributed by atoms with van der Waals surface area (Å²) in [5.41, 5.74) is 8.00. The van der Waals surface area contributed by atoms with Crippen molar-refractivity contribution in [2.75, 3.05) is 18.0 Å². The zero-order chi connectivity index (χ0) is 23.3. The Hall–Kier alpha value is -3.46. The number of carbonyl (C=O) groups is 3. The fourth-order valence-corrected chi connectivity index (χ4v) is 3.31. The monoisotopic (exact) mass is 442 g/mol. The van der Waals surface area contributed by atoms with Gasteiger partial charge >= 0.3 is 6.09 Å². The molecule has 1 fully saturated rings. The van der Waals surface area contributed by atoms with E-state index in [1.165, 1.54) is 17.9 Å². The van der Waals surface area contributed by atoms with Gasteiger partial charge in [0.2, 0.25) is 11.8 Å². The lowest BCUT2D eigenvalue weighted by molar-refractivity contribution is -0.122. The first-order valence-corrected chi connectivity index (χ1v) is 10.4. The molecule has 3 amide bonds. The third-order valence-corrected chi connectivity index (χ3v) is 5.23. The van der Waals surface area contributed by atoms with Crippen LogP contribution in [0.1, 0.15) is 25.8 Å². The van der Waals surface area contributed by atoms with Crippen LogP contribution in [0.3, 0.4) is 0 Å². The molecule has 0 aliphatic carbocycles. The van der Waals surface area contributed by atoms with Crippen LogP contribution < -0.4 is 21.3 Å². The Balaban J connectivity index is 1.66. The summed E-state index contributed by atoms with van der Waals surface area (Å²) in [6.07, 6.45) is -0.513. The minimum Gasteiger partial charge on any atom is -0.442 e. The van der Waals surface area contributed by atoms with Gasteiger partial charge in [-0.05, 0) is 35.7 Å². The maximum Gasteiger partial charge on any atom is 0.414 e. The Kier molecular flexibility index (Phi) is 7.42. The topological polar surface area (TPSA) is 114 Å². The zero-order valence-corrected chi connectivity index (χ0v) is 18.1. The number of nitrogens with two attached hydrogens (primary N) is 1. The number of hydrogen-bond acceptors (Lipinski definition) is 5. The molecule has 2 atom stereocenters. The second kappa shape index (κ2) is 10.2. The second-order valence-electron chi connectivity index (χ2n) is 7.65. The molecule has 3 rings (SSSR count). The number of carbonyl (C=O) groups excluding carboxylic acids is 3. The van der Waals surface area contributed by atoms with E-state index < -0.39 is 24.1 Å². The van der Waals surface area contributed by atoms with Crippen LogP contribution in [0.15, 0.2) is 42.5 Å². The fraction of sp³-hybridized carbons (Fsp3) is 0.348. The Morgan fingerprint density at radius 2 is 1.94 bits per heavy atom. The van der Waals surface area contributed by atoms with Crippen LogP contribution in [0.4, 0.5) is 14.9 Å². The highest BCUT2D eigenvalue weighted by Crippen LogP contribution is 2.29. The van der Waals surface area contributed by atoms with Crippen LogP contribution in [-0.2, 0) is 20.9 Å². The Labute approximate surface area is 185 Å². The number of nitrogens with zero attached hydrogens (tertiary/aromatic N) is 1. The van der Waals surface area contributed by atoms with Crippen LogP contribution >= 0.6 is 0 Å². The minimum absolute atomic E-state index is 0.204. The van der Waals surface area contributed by atoms with Crippen molar-refractivity contribution in [3.63, 3.8) is 0 Å². The molecule has 2 aromatic rings. The largest absolute Gasteiger partial charge is 0.442 e. The van der Waals surface area contributed by atoms with Gasteiger partial charge < -0.3 is 21.1 Å². The van der Waals surface area contributed by atoms with E-state index >= 15 is 0 Å². The van der Waals surface area contributed by atoms with E-state index in [4.69, 9.17) is 10.5 Å². The average molecular weight is 442 g/mol. The van der Waals surface area contributed by atoms with Crippen molar-refractivity contribution < 1.29 is 23.5 Å². The Morgan fingerprint density at radius 3 is 2.56 bits per heavy atom. The molecule has 0 radical (unpaired) electrons. The van der Waals surface area contributed by atoms with E-state index in [-0.39, 0.29) is 24.9 Å². The summed E-state index contributed by atoms with van der Waals surface area (Å²) in [6, 6.07) is 11.2. The van der Waals surface area contributed by atoms with Crippen molar-refractivity contribution in [2.45, 2.75) is 39.0 Å². The van der Waals surface area contributed by atoms with Crippen LogP contribution in [0, 0.1) is 5.82 Å². The first-order valence-electron chi connectivity index (χ1n) is 10.4. The summed E-state index contributed by atoms with van der Waals surface area (Å²) in [5.74, 6) is -0.902. The van der Waals surface area contributed by atoms with E-state index in [1.807, 2.05) is 19.1 Å². The van der Waals surface area contributed by atoms with Gasteiger partial charge in [-0.15, -0.1) is 0 Å². The number of cyclic esters (lactones) is 1. The van der Waals surface area contributed by atoms with E-state index in [9.17, 15) is 18.8 Å².